The second kappa shape index (κ2) is 9.45. The summed E-state index contributed by atoms with van der Waals surface area (Å²) in [6.45, 7) is 1.93. The zero-order valence-corrected chi connectivity index (χ0v) is 22.8. The van der Waals surface area contributed by atoms with Crippen molar-refractivity contribution in [2.45, 2.75) is 18.3 Å². The van der Waals surface area contributed by atoms with Gasteiger partial charge in [-0.05, 0) is 47.4 Å². The van der Waals surface area contributed by atoms with E-state index in [1.807, 2.05) is 67.6 Å². The van der Waals surface area contributed by atoms with Crippen molar-refractivity contribution in [2.24, 2.45) is 16.9 Å². The molecule has 1 heterocycles. The van der Waals surface area contributed by atoms with E-state index in [0.29, 0.717) is 5.69 Å². The Balaban J connectivity index is 1.37. The SMILES string of the molecule is Cc1ccc(N2C(=O)[C@H]3C4c5ccccc5C(/C=N\NC(=O)c5cc([N+](=O)[O-])ccc5O)(c5ccccc54)[C@H]3C2=O)cc1. The van der Waals surface area contributed by atoms with Gasteiger partial charge in [0, 0.05) is 24.3 Å². The summed E-state index contributed by atoms with van der Waals surface area (Å²) in [5.41, 5.74) is 5.39. The number of hydrogen-bond donors (Lipinski definition) is 2. The highest BCUT2D eigenvalue weighted by Crippen LogP contribution is 2.63. The van der Waals surface area contributed by atoms with Crippen molar-refractivity contribution in [2.75, 3.05) is 4.90 Å². The number of imide groups is 1. The van der Waals surface area contributed by atoms with Crippen LogP contribution in [0.2, 0.25) is 0 Å². The summed E-state index contributed by atoms with van der Waals surface area (Å²) in [6, 6.07) is 25.6. The quantitative estimate of drug-likeness (QED) is 0.155. The number of non-ortho nitro benzene ring substituents is 1. The summed E-state index contributed by atoms with van der Waals surface area (Å²) in [5.74, 6) is -3.87. The molecule has 0 aromatic heterocycles. The molecule has 8 rings (SSSR count). The first-order valence-electron chi connectivity index (χ1n) is 13.7. The number of anilines is 1. The topological polar surface area (TPSA) is 142 Å². The Labute approximate surface area is 245 Å². The molecule has 4 aromatic carbocycles. The van der Waals surface area contributed by atoms with Crippen LogP contribution < -0.4 is 10.3 Å². The van der Waals surface area contributed by atoms with E-state index in [1.54, 1.807) is 12.1 Å². The van der Waals surface area contributed by atoms with Crippen LogP contribution in [0.5, 0.6) is 5.75 Å². The molecule has 1 fully saturated rings. The Hall–Kier alpha value is -5.64. The number of aromatic hydroxyl groups is 1. The molecule has 1 saturated heterocycles. The van der Waals surface area contributed by atoms with Crippen LogP contribution in [0.15, 0.2) is 96.1 Å². The minimum atomic E-state index is -1.21. The number of benzene rings is 4. The predicted molar refractivity (Wildman–Crippen MR) is 157 cm³/mol. The average Bonchev–Trinajstić information content (AvgIpc) is 3.28. The van der Waals surface area contributed by atoms with Crippen LogP contribution in [-0.4, -0.2) is 34.0 Å². The van der Waals surface area contributed by atoms with E-state index in [0.717, 1.165) is 46.0 Å². The molecule has 212 valence electrons. The van der Waals surface area contributed by atoms with Gasteiger partial charge in [-0.1, -0.05) is 66.2 Å². The van der Waals surface area contributed by atoms with Gasteiger partial charge in [0.25, 0.3) is 11.6 Å². The molecule has 2 atom stereocenters. The van der Waals surface area contributed by atoms with Gasteiger partial charge < -0.3 is 5.11 Å². The van der Waals surface area contributed by atoms with Gasteiger partial charge in [0.2, 0.25) is 11.8 Å². The maximum Gasteiger partial charge on any atom is 0.275 e. The third-order valence-electron chi connectivity index (χ3n) is 8.85. The molecule has 10 nitrogen and oxygen atoms in total. The Morgan fingerprint density at radius 1 is 0.953 bits per heavy atom. The van der Waals surface area contributed by atoms with Crippen LogP contribution in [0.1, 0.15) is 44.1 Å². The van der Waals surface area contributed by atoms with Crippen molar-refractivity contribution in [1.29, 1.82) is 0 Å². The number of carbonyl (C=O) groups is 3. The summed E-state index contributed by atoms with van der Waals surface area (Å²) < 4.78 is 0. The van der Waals surface area contributed by atoms with Gasteiger partial charge >= 0.3 is 0 Å². The highest BCUT2D eigenvalue weighted by Gasteiger charge is 2.68. The molecule has 0 unspecified atom stereocenters. The lowest BCUT2D eigenvalue weighted by Crippen LogP contribution is -2.54. The molecule has 0 saturated carbocycles. The lowest BCUT2D eigenvalue weighted by molar-refractivity contribution is -0.384. The van der Waals surface area contributed by atoms with Gasteiger partial charge in [0.15, 0.2) is 0 Å². The molecule has 2 bridgehead atoms. The van der Waals surface area contributed by atoms with E-state index < -0.39 is 33.8 Å². The van der Waals surface area contributed by atoms with E-state index in [4.69, 9.17) is 0 Å². The van der Waals surface area contributed by atoms with Crippen LogP contribution in [-0.2, 0) is 15.0 Å². The number of rotatable bonds is 5. The third-order valence-corrected chi connectivity index (χ3v) is 8.85. The second-order valence-electron chi connectivity index (χ2n) is 11.0. The van der Waals surface area contributed by atoms with E-state index in [-0.39, 0.29) is 29.0 Å². The van der Waals surface area contributed by atoms with Gasteiger partial charge in [-0.25, -0.2) is 10.3 Å². The largest absolute Gasteiger partial charge is 0.507 e. The minimum Gasteiger partial charge on any atom is -0.507 e. The van der Waals surface area contributed by atoms with Gasteiger partial charge in [0.05, 0.1) is 33.4 Å². The number of nitrogens with one attached hydrogen (secondary N) is 1. The molecule has 0 radical (unpaired) electrons. The summed E-state index contributed by atoms with van der Waals surface area (Å²) in [4.78, 5) is 53.4. The van der Waals surface area contributed by atoms with Crippen LogP contribution in [0.25, 0.3) is 0 Å². The smallest absolute Gasteiger partial charge is 0.275 e. The van der Waals surface area contributed by atoms with Crippen LogP contribution in [0.4, 0.5) is 11.4 Å². The fraction of sp³-hybridized carbons (Fsp3) is 0.152. The van der Waals surface area contributed by atoms with Gasteiger partial charge in [-0.15, -0.1) is 0 Å². The highest BCUT2D eigenvalue weighted by molar-refractivity contribution is 6.25. The van der Waals surface area contributed by atoms with Gasteiger partial charge in [-0.2, -0.15) is 5.10 Å². The molecule has 43 heavy (non-hydrogen) atoms. The summed E-state index contributed by atoms with van der Waals surface area (Å²) in [6.07, 6.45) is 1.49. The van der Waals surface area contributed by atoms with Gasteiger partial charge in [-0.3, -0.25) is 24.5 Å². The second-order valence-corrected chi connectivity index (χ2v) is 11.0. The first-order chi connectivity index (χ1) is 20.7. The van der Waals surface area contributed by atoms with Crippen molar-refractivity contribution in [3.8, 4) is 5.75 Å². The molecule has 10 heteroatoms. The van der Waals surface area contributed by atoms with E-state index in [9.17, 15) is 29.6 Å². The molecular formula is C33H24N4O6. The Kier molecular flexibility index (Phi) is 5.77. The molecule has 1 aliphatic heterocycles. The number of carbonyl (C=O) groups excluding carboxylic acids is 3. The summed E-state index contributed by atoms with van der Waals surface area (Å²) in [7, 11) is 0. The van der Waals surface area contributed by atoms with Crippen molar-refractivity contribution < 1.29 is 24.4 Å². The number of phenolic OH excluding ortho intramolecular Hbond substituents is 1. The standard InChI is InChI=1S/C33H24N4O6/c1-18-10-12-19(13-11-18)36-31(40)28-27-21-6-2-4-8-24(21)33(29(28)32(36)41,25-9-5-3-7-22(25)27)17-34-35-30(39)23-16-20(37(42)43)14-15-26(23)38/h2-17,27-29,38H,1H3,(H,35,39)/b34-17-/t27?,28-,29+,33?/m0/s1. The highest BCUT2D eigenvalue weighted by atomic mass is 16.6. The molecule has 2 N–H and O–H groups in total. The minimum absolute atomic E-state index is 0.295. The summed E-state index contributed by atoms with van der Waals surface area (Å²) in [5, 5.41) is 25.7. The summed E-state index contributed by atoms with van der Waals surface area (Å²) >= 11 is 0. The molecule has 3 amide bonds. The number of phenols is 1. The number of aryl methyl sites for hydroxylation is 1. The van der Waals surface area contributed by atoms with Crippen molar-refractivity contribution in [3.05, 3.63) is 134 Å². The maximum absolute atomic E-state index is 14.4. The lowest BCUT2D eigenvalue weighted by atomic mass is 9.47. The van der Waals surface area contributed by atoms with Crippen LogP contribution in [0.3, 0.4) is 0 Å². The van der Waals surface area contributed by atoms with Crippen LogP contribution >= 0.6 is 0 Å². The number of hydrogen-bond acceptors (Lipinski definition) is 7. The first-order valence-corrected chi connectivity index (χ1v) is 13.7. The molecular weight excluding hydrogens is 548 g/mol. The average molecular weight is 573 g/mol. The molecule has 3 aliphatic carbocycles. The normalized spacial score (nSPS) is 23.2. The number of nitro benzene ring substituents is 1. The zero-order chi connectivity index (χ0) is 30.0. The van der Waals surface area contributed by atoms with E-state index in [1.165, 1.54) is 11.1 Å². The van der Waals surface area contributed by atoms with E-state index >= 15 is 0 Å². The molecule has 4 aliphatic rings. The third kappa shape index (κ3) is 3.66. The van der Waals surface area contributed by atoms with Crippen molar-refractivity contribution in [1.82, 2.24) is 5.43 Å². The fourth-order valence-corrected chi connectivity index (χ4v) is 7.07. The Bertz CT molecular complexity index is 1850. The van der Waals surface area contributed by atoms with Crippen molar-refractivity contribution in [3.63, 3.8) is 0 Å². The van der Waals surface area contributed by atoms with Gasteiger partial charge in [0.1, 0.15) is 5.75 Å². The van der Waals surface area contributed by atoms with Crippen molar-refractivity contribution >= 4 is 35.3 Å². The maximum atomic E-state index is 14.4. The molecule has 0 spiro atoms. The number of amides is 3. The number of nitrogens with zero attached hydrogens (tertiary/aromatic N) is 3. The fourth-order valence-electron chi connectivity index (χ4n) is 7.07. The number of nitro groups is 1. The number of hydrazone groups is 1. The Morgan fingerprint density at radius 2 is 1.58 bits per heavy atom. The monoisotopic (exact) mass is 572 g/mol. The predicted octanol–water partition coefficient (Wildman–Crippen LogP) is 4.58. The lowest BCUT2D eigenvalue weighted by Gasteiger charge is -2.52. The molecule has 4 aromatic rings. The van der Waals surface area contributed by atoms with Crippen LogP contribution in [0, 0.1) is 28.9 Å². The van der Waals surface area contributed by atoms with E-state index in [2.05, 4.69) is 10.5 Å². The first kappa shape index (κ1) is 26.3. The zero-order valence-electron chi connectivity index (χ0n) is 22.8. The Morgan fingerprint density at radius 3 is 2.21 bits per heavy atom.